The van der Waals surface area contributed by atoms with Gasteiger partial charge in [-0.3, -0.25) is 24.1 Å². The van der Waals surface area contributed by atoms with Crippen LogP contribution < -0.4 is 19.3 Å². The van der Waals surface area contributed by atoms with Gasteiger partial charge in [-0.2, -0.15) is 0 Å². The molecule has 154 valence electrons. The summed E-state index contributed by atoms with van der Waals surface area (Å²) in [6.07, 6.45) is 0.452. The molecule has 2 aliphatic rings. The maximum atomic E-state index is 12.6. The normalized spacial score (nSPS) is 18.8. The monoisotopic (exact) mass is 408 g/mol. The lowest BCUT2D eigenvalue weighted by Crippen LogP contribution is -2.28. The van der Waals surface area contributed by atoms with Crippen molar-refractivity contribution in [2.24, 2.45) is 5.92 Å². The first-order chi connectivity index (χ1) is 14.5. The summed E-state index contributed by atoms with van der Waals surface area (Å²) in [5.74, 6) is -0.947. The first-order valence-electron chi connectivity index (χ1n) is 9.59. The Hall–Kier alpha value is -3.68. The Morgan fingerprint density at radius 1 is 0.933 bits per heavy atom. The molecule has 0 bridgehead atoms. The van der Waals surface area contributed by atoms with Crippen molar-refractivity contribution in [3.05, 3.63) is 48.5 Å². The van der Waals surface area contributed by atoms with E-state index in [0.717, 1.165) is 4.90 Å². The van der Waals surface area contributed by atoms with Gasteiger partial charge in [0.05, 0.1) is 24.4 Å². The molecule has 8 nitrogen and oxygen atoms in total. The Bertz CT molecular complexity index is 1000. The number of imide groups is 1. The molecule has 2 heterocycles. The average Bonchev–Trinajstić information content (AvgIpc) is 3.30. The number of ether oxygens (including phenoxy) is 2. The first kappa shape index (κ1) is 19.6. The van der Waals surface area contributed by atoms with Crippen LogP contribution in [0.25, 0.3) is 0 Å². The number of rotatable bonds is 5. The van der Waals surface area contributed by atoms with Crippen molar-refractivity contribution in [2.75, 3.05) is 23.5 Å². The fraction of sp³-hybridized carbons (Fsp3) is 0.273. The van der Waals surface area contributed by atoms with E-state index in [2.05, 4.69) is 0 Å². The van der Waals surface area contributed by atoms with Crippen LogP contribution in [0.5, 0.6) is 11.5 Å². The number of hydrogen-bond acceptors (Lipinski definition) is 6. The van der Waals surface area contributed by atoms with Crippen molar-refractivity contribution in [3.63, 3.8) is 0 Å². The fourth-order valence-corrected chi connectivity index (χ4v) is 3.68. The summed E-state index contributed by atoms with van der Waals surface area (Å²) in [7, 11) is 1.53. The fourth-order valence-electron chi connectivity index (χ4n) is 3.68. The van der Waals surface area contributed by atoms with Crippen molar-refractivity contribution >= 4 is 35.1 Å². The quantitative estimate of drug-likeness (QED) is 0.428. The third kappa shape index (κ3) is 3.63. The lowest BCUT2D eigenvalue weighted by atomic mass is 10.1. The minimum atomic E-state index is -0.608. The summed E-state index contributed by atoms with van der Waals surface area (Å²) in [5, 5.41) is 0. The molecule has 0 unspecified atom stereocenters. The molecule has 0 spiro atoms. The van der Waals surface area contributed by atoms with Crippen LogP contribution in [0.3, 0.4) is 0 Å². The van der Waals surface area contributed by atoms with E-state index in [4.69, 9.17) is 9.47 Å². The second-order valence-electron chi connectivity index (χ2n) is 7.12. The van der Waals surface area contributed by atoms with Crippen LogP contribution in [0, 0.1) is 5.92 Å². The van der Waals surface area contributed by atoms with E-state index < -0.39 is 11.9 Å². The van der Waals surface area contributed by atoms with Crippen LogP contribution in [0.1, 0.15) is 19.3 Å². The predicted molar refractivity (Wildman–Crippen MR) is 107 cm³/mol. The van der Waals surface area contributed by atoms with Gasteiger partial charge in [0.15, 0.2) is 0 Å². The second kappa shape index (κ2) is 7.98. The van der Waals surface area contributed by atoms with Gasteiger partial charge >= 0.3 is 5.97 Å². The van der Waals surface area contributed by atoms with E-state index in [9.17, 15) is 19.2 Å². The zero-order valence-electron chi connectivity index (χ0n) is 16.4. The van der Waals surface area contributed by atoms with Crippen LogP contribution in [0.2, 0.25) is 0 Å². The largest absolute Gasteiger partial charge is 0.495 e. The number of para-hydroxylation sites is 2. The Morgan fingerprint density at radius 3 is 2.27 bits per heavy atom. The van der Waals surface area contributed by atoms with E-state index in [-0.39, 0.29) is 49.3 Å². The summed E-state index contributed by atoms with van der Waals surface area (Å²) < 4.78 is 10.7. The third-order valence-corrected chi connectivity index (χ3v) is 5.20. The zero-order valence-corrected chi connectivity index (χ0v) is 16.4. The molecule has 1 atom stereocenters. The van der Waals surface area contributed by atoms with Crippen molar-refractivity contribution in [2.45, 2.75) is 19.3 Å². The maximum absolute atomic E-state index is 12.6. The molecule has 2 fully saturated rings. The molecule has 4 rings (SSSR count). The van der Waals surface area contributed by atoms with Crippen LogP contribution in [-0.2, 0) is 19.2 Å². The topological polar surface area (TPSA) is 93.2 Å². The number of nitrogens with zero attached hydrogens (tertiary/aromatic N) is 2. The molecule has 0 aliphatic carbocycles. The van der Waals surface area contributed by atoms with Crippen LogP contribution >= 0.6 is 0 Å². The molecule has 0 radical (unpaired) electrons. The van der Waals surface area contributed by atoms with E-state index in [1.54, 1.807) is 30.3 Å². The Labute approximate surface area is 173 Å². The molecule has 0 N–H and O–H groups in total. The van der Waals surface area contributed by atoms with E-state index in [1.165, 1.54) is 24.1 Å². The van der Waals surface area contributed by atoms with Gasteiger partial charge in [-0.15, -0.1) is 0 Å². The van der Waals surface area contributed by atoms with E-state index in [0.29, 0.717) is 17.1 Å². The molecular weight excluding hydrogens is 388 g/mol. The number of methoxy groups -OCH3 is 1. The standard InChI is InChI=1S/C22H20N2O6/c1-29-18-5-3-2-4-17(18)23-13-14(12-21(23)27)22(28)30-16-8-6-15(7-9-16)24-19(25)10-11-20(24)26/h2-9,14H,10-13H2,1H3/t14-/m1/s1. The molecule has 2 aromatic rings. The number of carbonyl (C=O) groups excluding carboxylic acids is 4. The third-order valence-electron chi connectivity index (χ3n) is 5.20. The number of benzene rings is 2. The summed E-state index contributed by atoms with van der Waals surface area (Å²) >= 11 is 0. The van der Waals surface area contributed by atoms with Gasteiger partial charge in [0.2, 0.25) is 17.7 Å². The number of amides is 3. The molecule has 3 amide bonds. The summed E-state index contributed by atoms with van der Waals surface area (Å²) in [5.41, 5.74) is 1.06. The molecule has 2 aromatic carbocycles. The van der Waals surface area contributed by atoms with E-state index in [1.807, 2.05) is 6.07 Å². The number of anilines is 2. The van der Waals surface area contributed by atoms with Gasteiger partial charge in [0.1, 0.15) is 11.5 Å². The SMILES string of the molecule is COc1ccccc1N1C[C@H](C(=O)Oc2ccc(N3C(=O)CCC3=O)cc2)CC1=O. The lowest BCUT2D eigenvalue weighted by Gasteiger charge is -2.19. The Balaban J connectivity index is 1.43. The lowest BCUT2D eigenvalue weighted by molar-refractivity contribution is -0.139. The zero-order chi connectivity index (χ0) is 21.3. The van der Waals surface area contributed by atoms with Gasteiger partial charge in [0.25, 0.3) is 0 Å². The Morgan fingerprint density at radius 2 is 1.60 bits per heavy atom. The molecule has 2 aliphatic heterocycles. The number of carbonyl (C=O) groups is 4. The smallest absolute Gasteiger partial charge is 0.316 e. The molecule has 2 saturated heterocycles. The highest BCUT2D eigenvalue weighted by Gasteiger charge is 2.37. The minimum absolute atomic E-state index is 0.0474. The van der Waals surface area contributed by atoms with Gasteiger partial charge in [-0.25, -0.2) is 0 Å². The van der Waals surface area contributed by atoms with Crippen LogP contribution in [0.15, 0.2) is 48.5 Å². The van der Waals surface area contributed by atoms with Gasteiger partial charge in [0, 0.05) is 25.8 Å². The van der Waals surface area contributed by atoms with Crippen molar-refractivity contribution in [1.29, 1.82) is 0 Å². The van der Waals surface area contributed by atoms with Gasteiger partial charge in [-0.05, 0) is 36.4 Å². The predicted octanol–water partition coefficient (Wildman–Crippen LogP) is 2.31. The Kier molecular flexibility index (Phi) is 5.22. The average molecular weight is 408 g/mol. The highest BCUT2D eigenvalue weighted by molar-refractivity contribution is 6.19. The maximum Gasteiger partial charge on any atom is 0.316 e. The van der Waals surface area contributed by atoms with E-state index >= 15 is 0 Å². The summed E-state index contributed by atoms with van der Waals surface area (Å²) in [6, 6.07) is 13.3. The number of esters is 1. The first-order valence-corrected chi connectivity index (χ1v) is 9.59. The second-order valence-corrected chi connectivity index (χ2v) is 7.12. The molecule has 0 aromatic heterocycles. The summed E-state index contributed by atoms with van der Waals surface area (Å²) in [4.78, 5) is 51.3. The highest BCUT2D eigenvalue weighted by atomic mass is 16.5. The molecular formula is C22H20N2O6. The summed E-state index contributed by atoms with van der Waals surface area (Å²) in [6.45, 7) is 0.201. The minimum Gasteiger partial charge on any atom is -0.495 e. The molecule has 8 heteroatoms. The van der Waals surface area contributed by atoms with Crippen molar-refractivity contribution < 1.29 is 28.7 Å². The van der Waals surface area contributed by atoms with Crippen molar-refractivity contribution in [3.8, 4) is 11.5 Å². The number of hydrogen-bond donors (Lipinski definition) is 0. The van der Waals surface area contributed by atoms with Crippen molar-refractivity contribution in [1.82, 2.24) is 0 Å². The van der Waals surface area contributed by atoms with Crippen LogP contribution in [-0.4, -0.2) is 37.3 Å². The van der Waals surface area contributed by atoms with Gasteiger partial charge < -0.3 is 14.4 Å². The van der Waals surface area contributed by atoms with Gasteiger partial charge in [-0.1, -0.05) is 12.1 Å². The van der Waals surface area contributed by atoms with Crippen LogP contribution in [0.4, 0.5) is 11.4 Å². The molecule has 0 saturated carbocycles. The molecule has 30 heavy (non-hydrogen) atoms. The highest BCUT2D eigenvalue weighted by Crippen LogP contribution is 2.33.